The van der Waals surface area contributed by atoms with Crippen molar-refractivity contribution in [2.75, 3.05) is 37.5 Å². The lowest BCUT2D eigenvalue weighted by atomic mass is 10.0. The number of anilines is 2. The highest BCUT2D eigenvalue weighted by atomic mass is 16.6. The number of rotatable bonds is 7. The molecule has 5 rings (SSSR count). The number of pyridine rings is 1. The minimum Gasteiger partial charge on any atom is -0.496 e. The maximum Gasteiger partial charge on any atom is 0.410 e. The Hall–Kier alpha value is -5.32. The van der Waals surface area contributed by atoms with E-state index in [0.29, 0.717) is 47.3 Å². The number of piperazine rings is 1. The Labute approximate surface area is 274 Å². The van der Waals surface area contributed by atoms with Crippen molar-refractivity contribution in [3.8, 4) is 17.2 Å². The number of fused-ring (bicyclic) bond motifs is 1. The molecular weight excluding hydrogens is 598 g/mol. The predicted octanol–water partition coefficient (Wildman–Crippen LogP) is 6.48. The molecule has 2 heterocycles. The fourth-order valence-electron chi connectivity index (χ4n) is 5.79. The molecule has 0 unspecified atom stereocenters. The average molecular weight is 640 g/mol. The van der Waals surface area contributed by atoms with Crippen molar-refractivity contribution in [3.05, 3.63) is 84.1 Å². The van der Waals surface area contributed by atoms with Crippen LogP contribution >= 0.6 is 0 Å². The van der Waals surface area contributed by atoms with Gasteiger partial charge in [0.2, 0.25) is 0 Å². The lowest BCUT2D eigenvalue weighted by Gasteiger charge is -2.45. The van der Waals surface area contributed by atoms with Gasteiger partial charge in [-0.05, 0) is 87.9 Å². The second kappa shape index (κ2) is 13.6. The van der Waals surface area contributed by atoms with Crippen LogP contribution in [0.25, 0.3) is 10.8 Å². The zero-order valence-electron chi connectivity index (χ0n) is 27.8. The van der Waals surface area contributed by atoms with E-state index in [1.54, 1.807) is 48.5 Å². The fraction of sp³-hybridized carbons (Fsp3) is 0.333. The Morgan fingerprint density at radius 3 is 2.28 bits per heavy atom. The van der Waals surface area contributed by atoms with E-state index >= 15 is 0 Å². The summed E-state index contributed by atoms with van der Waals surface area (Å²) in [6.45, 7) is 10.8. The van der Waals surface area contributed by atoms with Crippen molar-refractivity contribution in [1.82, 2.24) is 15.2 Å². The molecule has 0 radical (unpaired) electrons. The summed E-state index contributed by atoms with van der Waals surface area (Å²) in [5.41, 5.74) is 1.24. The summed E-state index contributed by atoms with van der Waals surface area (Å²) in [5, 5.41) is 7.17. The molecule has 2 atom stereocenters. The molecular formula is C36H41N5O6. The molecule has 47 heavy (non-hydrogen) atoms. The third kappa shape index (κ3) is 7.57. The van der Waals surface area contributed by atoms with Gasteiger partial charge in [0.1, 0.15) is 28.7 Å². The lowest BCUT2D eigenvalue weighted by Crippen LogP contribution is -2.59. The van der Waals surface area contributed by atoms with Crippen LogP contribution in [0.3, 0.4) is 0 Å². The van der Waals surface area contributed by atoms with Gasteiger partial charge in [0, 0.05) is 49.7 Å². The van der Waals surface area contributed by atoms with Crippen LogP contribution < -0.4 is 25.0 Å². The standard InChI is InChI=1S/C36H41N5O6/c1-22-20-40(21-23(2)41(22)35(44)47-36(3,4)5)25-11-13-30(31(18-25)45-7)34(43)39-32-19-27(15-16-38-32)46-26-12-14-28-24(17-26)9-8-10-29(28)33(42)37-6/h8-19,22-23H,20-21H2,1-7H3,(H,37,42)(H,38,39,43)/t22-,23+. The largest absolute Gasteiger partial charge is 0.496 e. The van der Waals surface area contributed by atoms with E-state index in [9.17, 15) is 14.4 Å². The summed E-state index contributed by atoms with van der Waals surface area (Å²) >= 11 is 0. The predicted molar refractivity (Wildman–Crippen MR) is 182 cm³/mol. The molecule has 11 heteroatoms. The van der Waals surface area contributed by atoms with Crippen LogP contribution in [-0.2, 0) is 4.74 Å². The normalized spacial score (nSPS) is 16.4. The first-order valence-corrected chi connectivity index (χ1v) is 15.5. The number of benzene rings is 3. The van der Waals surface area contributed by atoms with E-state index in [2.05, 4.69) is 20.5 Å². The van der Waals surface area contributed by atoms with Gasteiger partial charge in [0.15, 0.2) is 0 Å². The number of amides is 3. The monoisotopic (exact) mass is 639 g/mol. The van der Waals surface area contributed by atoms with Crippen LogP contribution in [0.4, 0.5) is 16.3 Å². The first-order chi connectivity index (χ1) is 22.4. The Balaban J connectivity index is 1.27. The summed E-state index contributed by atoms with van der Waals surface area (Å²) in [7, 11) is 3.12. The third-order valence-electron chi connectivity index (χ3n) is 7.85. The van der Waals surface area contributed by atoms with Gasteiger partial charge >= 0.3 is 6.09 Å². The van der Waals surface area contributed by atoms with Crippen LogP contribution in [0.1, 0.15) is 55.3 Å². The molecule has 3 aromatic carbocycles. The summed E-state index contributed by atoms with van der Waals surface area (Å²) in [6.07, 6.45) is 1.23. The van der Waals surface area contributed by atoms with Crippen molar-refractivity contribution in [2.24, 2.45) is 0 Å². The highest BCUT2D eigenvalue weighted by Gasteiger charge is 2.36. The summed E-state index contributed by atoms with van der Waals surface area (Å²) < 4.78 is 17.3. The second-order valence-corrected chi connectivity index (χ2v) is 12.6. The van der Waals surface area contributed by atoms with Crippen molar-refractivity contribution in [2.45, 2.75) is 52.3 Å². The summed E-state index contributed by atoms with van der Waals surface area (Å²) in [4.78, 5) is 46.7. The van der Waals surface area contributed by atoms with Gasteiger partial charge in [-0.2, -0.15) is 0 Å². The van der Waals surface area contributed by atoms with Gasteiger partial charge in [-0.3, -0.25) is 14.5 Å². The van der Waals surface area contributed by atoms with E-state index in [1.807, 2.05) is 71.0 Å². The molecule has 0 bridgehead atoms. The Bertz CT molecular complexity index is 1790. The summed E-state index contributed by atoms with van der Waals surface area (Å²) in [6, 6.07) is 19.6. The van der Waals surface area contributed by atoms with Crippen LogP contribution in [0.5, 0.6) is 17.2 Å². The molecule has 0 aliphatic carbocycles. The van der Waals surface area contributed by atoms with Crippen molar-refractivity contribution in [1.29, 1.82) is 0 Å². The highest BCUT2D eigenvalue weighted by Crippen LogP contribution is 2.31. The van der Waals surface area contributed by atoms with E-state index in [1.165, 1.54) is 7.11 Å². The second-order valence-electron chi connectivity index (χ2n) is 12.6. The third-order valence-corrected chi connectivity index (χ3v) is 7.85. The Kier molecular flexibility index (Phi) is 9.55. The Morgan fingerprint density at radius 1 is 0.872 bits per heavy atom. The number of aromatic nitrogens is 1. The molecule has 0 spiro atoms. The van der Waals surface area contributed by atoms with Gasteiger partial charge in [0.05, 0.1) is 24.8 Å². The minimum absolute atomic E-state index is 0.0854. The number of carbonyl (C=O) groups excluding carboxylic acids is 3. The molecule has 4 aromatic rings. The molecule has 1 aromatic heterocycles. The molecule has 0 saturated carbocycles. The van der Waals surface area contributed by atoms with Crippen molar-refractivity contribution >= 4 is 40.2 Å². The number of hydrogen-bond donors (Lipinski definition) is 2. The van der Waals surface area contributed by atoms with Crippen LogP contribution in [-0.4, -0.2) is 72.7 Å². The van der Waals surface area contributed by atoms with E-state index in [-0.39, 0.29) is 30.0 Å². The maximum absolute atomic E-state index is 13.4. The number of carbonyl (C=O) groups is 3. The van der Waals surface area contributed by atoms with E-state index < -0.39 is 5.60 Å². The van der Waals surface area contributed by atoms with Gasteiger partial charge in [-0.15, -0.1) is 0 Å². The van der Waals surface area contributed by atoms with E-state index in [0.717, 1.165) is 16.5 Å². The van der Waals surface area contributed by atoms with Crippen LogP contribution in [0, 0.1) is 0 Å². The van der Waals surface area contributed by atoms with Gasteiger partial charge in [-0.1, -0.05) is 12.1 Å². The van der Waals surface area contributed by atoms with Crippen LogP contribution in [0.2, 0.25) is 0 Å². The SMILES string of the molecule is CNC(=O)c1cccc2cc(Oc3ccnc(NC(=O)c4ccc(N5C[C@@H](C)N(C(=O)OC(C)(C)C)[C@@H](C)C5)cc4OC)c3)ccc12. The lowest BCUT2D eigenvalue weighted by molar-refractivity contribution is 0.00563. The molecule has 11 nitrogen and oxygen atoms in total. The number of nitrogens with zero attached hydrogens (tertiary/aromatic N) is 3. The zero-order chi connectivity index (χ0) is 33.9. The van der Waals surface area contributed by atoms with Gasteiger partial charge < -0.3 is 29.7 Å². The van der Waals surface area contributed by atoms with Crippen LogP contribution in [0.15, 0.2) is 72.9 Å². The summed E-state index contributed by atoms with van der Waals surface area (Å²) in [5.74, 6) is 1.22. The molecule has 1 fully saturated rings. The quantitative estimate of drug-likeness (QED) is 0.236. The maximum atomic E-state index is 13.4. The molecule has 1 saturated heterocycles. The average Bonchev–Trinajstić information content (AvgIpc) is 3.02. The molecule has 1 aliphatic heterocycles. The first-order valence-electron chi connectivity index (χ1n) is 15.5. The molecule has 3 amide bonds. The van der Waals surface area contributed by atoms with Crippen molar-refractivity contribution in [3.63, 3.8) is 0 Å². The minimum atomic E-state index is -0.570. The fourth-order valence-corrected chi connectivity index (χ4v) is 5.79. The highest BCUT2D eigenvalue weighted by molar-refractivity contribution is 6.07. The van der Waals surface area contributed by atoms with Gasteiger partial charge in [0.25, 0.3) is 11.8 Å². The zero-order valence-corrected chi connectivity index (χ0v) is 27.8. The Morgan fingerprint density at radius 2 is 1.60 bits per heavy atom. The number of methoxy groups -OCH3 is 1. The first kappa shape index (κ1) is 33.1. The van der Waals surface area contributed by atoms with Crippen molar-refractivity contribution < 1.29 is 28.6 Å². The molecule has 1 aliphatic rings. The topological polar surface area (TPSA) is 122 Å². The number of nitrogens with one attached hydrogen (secondary N) is 2. The molecule has 246 valence electrons. The number of ether oxygens (including phenoxy) is 3. The smallest absolute Gasteiger partial charge is 0.410 e. The molecule has 2 N–H and O–H groups in total. The number of hydrogen-bond acceptors (Lipinski definition) is 8. The van der Waals surface area contributed by atoms with Gasteiger partial charge in [-0.25, -0.2) is 9.78 Å². The van der Waals surface area contributed by atoms with E-state index in [4.69, 9.17) is 14.2 Å².